The highest BCUT2D eigenvalue weighted by Crippen LogP contribution is 2.16. The fourth-order valence-electron chi connectivity index (χ4n) is 1.94. The SMILES string of the molecule is CN(CCC(C)(N)C#N)CC1CCOCC1. The highest BCUT2D eigenvalue weighted by atomic mass is 16.5. The Bertz CT molecular complexity index is 241. The van der Waals surface area contributed by atoms with Gasteiger partial charge in [0, 0.05) is 26.3 Å². The average molecular weight is 225 g/mol. The molecular formula is C12H23N3O. The summed E-state index contributed by atoms with van der Waals surface area (Å²) in [6.07, 6.45) is 3.04. The highest BCUT2D eigenvalue weighted by Gasteiger charge is 2.20. The standard InChI is InChI=1S/C12H23N3O/c1-12(14,10-13)5-6-15(2)9-11-3-7-16-8-4-11/h11H,3-9,14H2,1-2H3. The summed E-state index contributed by atoms with van der Waals surface area (Å²) in [6.45, 7) is 5.55. The van der Waals surface area contributed by atoms with Crippen LogP contribution in [0.15, 0.2) is 0 Å². The third-order valence-electron chi connectivity index (χ3n) is 3.18. The Balaban J connectivity index is 2.20. The van der Waals surface area contributed by atoms with Crippen LogP contribution in [0.2, 0.25) is 0 Å². The summed E-state index contributed by atoms with van der Waals surface area (Å²) in [4.78, 5) is 2.28. The van der Waals surface area contributed by atoms with E-state index < -0.39 is 5.54 Å². The second kappa shape index (κ2) is 6.19. The summed E-state index contributed by atoms with van der Waals surface area (Å²) < 4.78 is 5.33. The zero-order valence-electron chi connectivity index (χ0n) is 10.4. The molecule has 16 heavy (non-hydrogen) atoms. The van der Waals surface area contributed by atoms with Crippen molar-refractivity contribution in [3.05, 3.63) is 0 Å². The monoisotopic (exact) mass is 225 g/mol. The molecule has 92 valence electrons. The minimum Gasteiger partial charge on any atom is -0.381 e. The minimum absolute atomic E-state index is 0.691. The van der Waals surface area contributed by atoms with Crippen molar-refractivity contribution in [1.82, 2.24) is 4.90 Å². The number of nitrogens with zero attached hydrogens (tertiary/aromatic N) is 2. The van der Waals surface area contributed by atoms with Gasteiger partial charge in [0.2, 0.25) is 0 Å². The third-order valence-corrected chi connectivity index (χ3v) is 3.18. The van der Waals surface area contributed by atoms with Gasteiger partial charge in [-0.15, -0.1) is 0 Å². The molecule has 2 N–H and O–H groups in total. The predicted molar refractivity (Wildman–Crippen MR) is 63.9 cm³/mol. The Morgan fingerprint density at radius 3 is 2.69 bits per heavy atom. The molecular weight excluding hydrogens is 202 g/mol. The van der Waals surface area contributed by atoms with Crippen molar-refractivity contribution in [1.29, 1.82) is 5.26 Å². The number of hydrogen-bond acceptors (Lipinski definition) is 4. The smallest absolute Gasteiger partial charge is 0.102 e. The number of hydrogen-bond donors (Lipinski definition) is 1. The first kappa shape index (κ1) is 13.4. The molecule has 1 aliphatic heterocycles. The Kier molecular flexibility index (Phi) is 5.20. The van der Waals surface area contributed by atoms with Crippen molar-refractivity contribution in [2.45, 2.75) is 31.7 Å². The molecule has 0 aromatic carbocycles. The lowest BCUT2D eigenvalue weighted by Gasteiger charge is -2.28. The van der Waals surface area contributed by atoms with Crippen molar-refractivity contribution in [3.63, 3.8) is 0 Å². The molecule has 4 heteroatoms. The largest absolute Gasteiger partial charge is 0.381 e. The van der Waals surface area contributed by atoms with Crippen molar-refractivity contribution in [2.24, 2.45) is 11.7 Å². The summed E-state index contributed by atoms with van der Waals surface area (Å²) in [5.41, 5.74) is 5.10. The van der Waals surface area contributed by atoms with E-state index in [0.29, 0.717) is 0 Å². The lowest BCUT2D eigenvalue weighted by atomic mass is 9.98. The molecule has 1 aliphatic rings. The summed E-state index contributed by atoms with van der Waals surface area (Å²) in [6, 6.07) is 2.13. The number of rotatable bonds is 5. The lowest BCUT2D eigenvalue weighted by Crippen LogP contribution is -2.39. The van der Waals surface area contributed by atoms with Crippen molar-refractivity contribution >= 4 is 0 Å². The first-order valence-corrected chi connectivity index (χ1v) is 6.00. The molecule has 0 aliphatic carbocycles. The molecule has 1 heterocycles. The van der Waals surface area contributed by atoms with Crippen LogP contribution in [-0.2, 0) is 4.74 Å². The van der Waals surface area contributed by atoms with E-state index in [9.17, 15) is 0 Å². The van der Waals surface area contributed by atoms with Gasteiger partial charge in [-0.3, -0.25) is 0 Å². The van der Waals surface area contributed by atoms with Gasteiger partial charge in [-0.25, -0.2) is 0 Å². The highest BCUT2D eigenvalue weighted by molar-refractivity contribution is 5.01. The molecule has 4 nitrogen and oxygen atoms in total. The van der Waals surface area contributed by atoms with Crippen molar-refractivity contribution in [3.8, 4) is 6.07 Å². The summed E-state index contributed by atoms with van der Waals surface area (Å²) in [5.74, 6) is 0.741. The van der Waals surface area contributed by atoms with E-state index in [0.717, 1.165) is 51.5 Å². The van der Waals surface area contributed by atoms with Crippen LogP contribution in [0.25, 0.3) is 0 Å². The maximum atomic E-state index is 8.82. The van der Waals surface area contributed by atoms with Crippen LogP contribution in [0.3, 0.4) is 0 Å². The van der Waals surface area contributed by atoms with E-state index in [1.165, 1.54) is 0 Å². The summed E-state index contributed by atoms with van der Waals surface area (Å²) in [7, 11) is 2.10. The van der Waals surface area contributed by atoms with Gasteiger partial charge in [0.1, 0.15) is 5.54 Å². The zero-order chi connectivity index (χ0) is 12.0. The number of nitrogens with two attached hydrogens (primary N) is 1. The fourth-order valence-corrected chi connectivity index (χ4v) is 1.94. The molecule has 1 unspecified atom stereocenters. The molecule has 0 radical (unpaired) electrons. The Morgan fingerprint density at radius 2 is 2.12 bits per heavy atom. The van der Waals surface area contributed by atoms with Crippen LogP contribution in [-0.4, -0.2) is 43.8 Å². The predicted octanol–water partition coefficient (Wildman–Crippen LogP) is 0.976. The first-order chi connectivity index (χ1) is 7.53. The van der Waals surface area contributed by atoms with Crippen LogP contribution in [0.5, 0.6) is 0 Å². The van der Waals surface area contributed by atoms with E-state index in [2.05, 4.69) is 18.0 Å². The fraction of sp³-hybridized carbons (Fsp3) is 0.917. The molecule has 1 saturated heterocycles. The second-order valence-electron chi connectivity index (χ2n) is 5.10. The van der Waals surface area contributed by atoms with Gasteiger partial charge in [0.25, 0.3) is 0 Å². The Labute approximate surface area is 98.4 Å². The van der Waals surface area contributed by atoms with E-state index in [4.69, 9.17) is 15.7 Å². The van der Waals surface area contributed by atoms with E-state index in [-0.39, 0.29) is 0 Å². The molecule has 0 spiro atoms. The maximum absolute atomic E-state index is 8.82. The maximum Gasteiger partial charge on any atom is 0.102 e. The molecule has 1 fully saturated rings. The molecule has 0 aromatic heterocycles. The average Bonchev–Trinajstić information content (AvgIpc) is 2.28. The van der Waals surface area contributed by atoms with Gasteiger partial charge in [-0.1, -0.05) is 0 Å². The molecule has 1 rings (SSSR count). The first-order valence-electron chi connectivity index (χ1n) is 6.00. The Hall–Kier alpha value is -0.630. The van der Waals surface area contributed by atoms with Crippen LogP contribution >= 0.6 is 0 Å². The van der Waals surface area contributed by atoms with Gasteiger partial charge in [0.15, 0.2) is 0 Å². The van der Waals surface area contributed by atoms with Gasteiger partial charge >= 0.3 is 0 Å². The molecule has 0 amide bonds. The lowest BCUT2D eigenvalue weighted by molar-refractivity contribution is 0.0553. The van der Waals surface area contributed by atoms with Crippen LogP contribution in [0.4, 0.5) is 0 Å². The van der Waals surface area contributed by atoms with E-state index in [1.807, 2.05) is 0 Å². The van der Waals surface area contributed by atoms with Gasteiger partial charge in [-0.05, 0) is 39.2 Å². The zero-order valence-corrected chi connectivity index (χ0v) is 10.4. The van der Waals surface area contributed by atoms with Crippen molar-refractivity contribution < 1.29 is 4.74 Å². The normalized spacial score (nSPS) is 21.7. The Morgan fingerprint density at radius 1 is 1.50 bits per heavy atom. The second-order valence-corrected chi connectivity index (χ2v) is 5.10. The van der Waals surface area contributed by atoms with Crippen LogP contribution in [0, 0.1) is 17.2 Å². The quantitative estimate of drug-likeness (QED) is 0.757. The number of nitriles is 1. The summed E-state index contributed by atoms with van der Waals surface area (Å²) >= 11 is 0. The van der Waals surface area contributed by atoms with Crippen LogP contribution < -0.4 is 5.73 Å². The summed E-state index contributed by atoms with van der Waals surface area (Å²) in [5, 5.41) is 8.82. The van der Waals surface area contributed by atoms with E-state index >= 15 is 0 Å². The third kappa shape index (κ3) is 4.93. The molecule has 0 bridgehead atoms. The molecule has 1 atom stereocenters. The molecule has 0 aromatic rings. The van der Waals surface area contributed by atoms with Gasteiger partial charge in [-0.2, -0.15) is 5.26 Å². The van der Waals surface area contributed by atoms with E-state index in [1.54, 1.807) is 6.92 Å². The van der Waals surface area contributed by atoms with Gasteiger partial charge < -0.3 is 15.4 Å². The van der Waals surface area contributed by atoms with Crippen molar-refractivity contribution in [2.75, 3.05) is 33.4 Å². The minimum atomic E-state index is -0.691. The van der Waals surface area contributed by atoms with Crippen LogP contribution in [0.1, 0.15) is 26.2 Å². The topological polar surface area (TPSA) is 62.3 Å². The molecule has 0 saturated carbocycles. The van der Waals surface area contributed by atoms with Gasteiger partial charge in [0.05, 0.1) is 6.07 Å². The number of ether oxygens (including phenoxy) is 1.